The molecule has 0 saturated heterocycles. The molecule has 9 heteroatoms. The summed E-state index contributed by atoms with van der Waals surface area (Å²) in [5.74, 6) is -1.12. The molecule has 2 aromatic carbocycles. The van der Waals surface area contributed by atoms with Crippen molar-refractivity contribution in [3.8, 4) is 0 Å². The minimum Gasteiger partial charge on any atom is -0.355 e. The maximum absolute atomic E-state index is 12.3. The first-order valence-electron chi connectivity index (χ1n) is 8.06. The average Bonchev–Trinajstić information content (AvgIpc) is 2.65. The normalized spacial score (nSPS) is 9.96. The Hall–Kier alpha value is -3.75. The Kier molecular flexibility index (Phi) is 6.59. The Morgan fingerprint density at radius 1 is 0.926 bits per heavy atom. The van der Waals surface area contributed by atoms with Gasteiger partial charge in [0.2, 0.25) is 5.91 Å². The molecule has 9 nitrogen and oxygen atoms in total. The van der Waals surface area contributed by atoms with Gasteiger partial charge in [-0.05, 0) is 30.3 Å². The van der Waals surface area contributed by atoms with E-state index >= 15 is 0 Å². The summed E-state index contributed by atoms with van der Waals surface area (Å²) >= 11 is 0. The Balaban J connectivity index is 1.97. The van der Waals surface area contributed by atoms with E-state index in [1.807, 2.05) is 0 Å². The molecule has 27 heavy (non-hydrogen) atoms. The number of nitro benzene ring substituents is 1. The summed E-state index contributed by atoms with van der Waals surface area (Å²) in [6, 6.07) is 11.7. The number of para-hydroxylation sites is 1. The van der Waals surface area contributed by atoms with Crippen LogP contribution in [0.5, 0.6) is 0 Å². The third-order valence-electron chi connectivity index (χ3n) is 3.53. The van der Waals surface area contributed by atoms with Gasteiger partial charge in [-0.25, -0.2) is 0 Å². The van der Waals surface area contributed by atoms with Crippen LogP contribution >= 0.6 is 0 Å². The van der Waals surface area contributed by atoms with Gasteiger partial charge in [-0.1, -0.05) is 12.1 Å². The van der Waals surface area contributed by atoms with E-state index < -0.39 is 10.8 Å². The van der Waals surface area contributed by atoms with E-state index in [-0.39, 0.29) is 29.6 Å². The minimum absolute atomic E-state index is 0.0534. The summed E-state index contributed by atoms with van der Waals surface area (Å²) in [6.45, 7) is 2.00. The third-order valence-corrected chi connectivity index (χ3v) is 3.53. The molecular formula is C18H18N4O5. The Morgan fingerprint density at radius 3 is 2.19 bits per heavy atom. The zero-order valence-electron chi connectivity index (χ0n) is 14.5. The molecule has 3 amide bonds. The number of carbonyl (C=O) groups is 3. The Labute approximate surface area is 154 Å². The van der Waals surface area contributed by atoms with Crippen molar-refractivity contribution in [3.05, 3.63) is 69.8 Å². The number of hydrogen-bond acceptors (Lipinski definition) is 5. The van der Waals surface area contributed by atoms with Crippen molar-refractivity contribution in [1.29, 1.82) is 0 Å². The van der Waals surface area contributed by atoms with Crippen molar-refractivity contribution >= 4 is 29.1 Å². The van der Waals surface area contributed by atoms with Crippen molar-refractivity contribution in [3.63, 3.8) is 0 Å². The molecule has 0 aromatic heterocycles. The van der Waals surface area contributed by atoms with Crippen LogP contribution in [0.2, 0.25) is 0 Å². The lowest BCUT2D eigenvalue weighted by Gasteiger charge is -2.08. The fraction of sp³-hybridized carbons (Fsp3) is 0.167. The standard InChI is InChI=1S/C18H18N4O5/c1-12(23)19-10-11-20-17(24)13-6-8-14(9-7-13)21-18(25)15-4-2-3-5-16(15)22(26)27/h2-9H,10-11H2,1H3,(H,19,23)(H,20,24)(H,21,25). The van der Waals surface area contributed by atoms with Crippen LogP contribution in [0, 0.1) is 10.1 Å². The molecule has 2 rings (SSSR count). The molecule has 3 N–H and O–H groups in total. The fourth-order valence-corrected chi connectivity index (χ4v) is 2.24. The number of rotatable bonds is 7. The van der Waals surface area contributed by atoms with Gasteiger partial charge in [0.05, 0.1) is 4.92 Å². The highest BCUT2D eigenvalue weighted by molar-refractivity contribution is 6.07. The van der Waals surface area contributed by atoms with Gasteiger partial charge >= 0.3 is 0 Å². The molecule has 0 aliphatic rings. The highest BCUT2D eigenvalue weighted by atomic mass is 16.6. The molecule has 0 aliphatic heterocycles. The number of hydrogen-bond donors (Lipinski definition) is 3. The second-order valence-electron chi connectivity index (χ2n) is 5.54. The molecule has 0 heterocycles. The van der Waals surface area contributed by atoms with Crippen molar-refractivity contribution in [2.45, 2.75) is 6.92 Å². The van der Waals surface area contributed by atoms with Crippen LogP contribution in [0.15, 0.2) is 48.5 Å². The number of nitrogens with one attached hydrogen (secondary N) is 3. The van der Waals surface area contributed by atoms with E-state index in [9.17, 15) is 24.5 Å². The molecule has 0 spiro atoms. The van der Waals surface area contributed by atoms with E-state index in [2.05, 4.69) is 16.0 Å². The van der Waals surface area contributed by atoms with Gasteiger partial charge in [-0.2, -0.15) is 0 Å². The van der Waals surface area contributed by atoms with Crippen LogP contribution in [0.4, 0.5) is 11.4 Å². The summed E-state index contributed by atoms with van der Waals surface area (Å²) in [6.07, 6.45) is 0. The monoisotopic (exact) mass is 370 g/mol. The van der Waals surface area contributed by atoms with Crippen molar-refractivity contribution in [1.82, 2.24) is 10.6 Å². The van der Waals surface area contributed by atoms with Gasteiger partial charge in [0, 0.05) is 37.3 Å². The maximum atomic E-state index is 12.3. The van der Waals surface area contributed by atoms with Gasteiger partial charge in [-0.3, -0.25) is 24.5 Å². The zero-order chi connectivity index (χ0) is 19.8. The molecular weight excluding hydrogens is 352 g/mol. The lowest BCUT2D eigenvalue weighted by molar-refractivity contribution is -0.385. The SMILES string of the molecule is CC(=O)NCCNC(=O)c1ccc(NC(=O)c2ccccc2[N+](=O)[O-])cc1. The van der Waals surface area contributed by atoms with E-state index in [1.54, 1.807) is 0 Å². The molecule has 0 saturated carbocycles. The molecule has 2 aromatic rings. The topological polar surface area (TPSA) is 130 Å². The van der Waals surface area contributed by atoms with Gasteiger partial charge in [0.1, 0.15) is 5.56 Å². The average molecular weight is 370 g/mol. The molecule has 0 unspecified atom stereocenters. The fourth-order valence-electron chi connectivity index (χ4n) is 2.24. The number of carbonyl (C=O) groups excluding carboxylic acids is 3. The minimum atomic E-state index is -0.622. The van der Waals surface area contributed by atoms with Gasteiger partial charge < -0.3 is 16.0 Å². The Bertz CT molecular complexity index is 864. The first-order chi connectivity index (χ1) is 12.9. The van der Waals surface area contributed by atoms with Crippen molar-refractivity contribution in [2.75, 3.05) is 18.4 Å². The summed E-state index contributed by atoms with van der Waals surface area (Å²) in [4.78, 5) is 45.4. The molecule has 140 valence electrons. The predicted octanol–water partition coefficient (Wildman–Crippen LogP) is 1.71. The lowest BCUT2D eigenvalue weighted by atomic mass is 10.1. The first kappa shape index (κ1) is 19.6. The summed E-state index contributed by atoms with van der Waals surface area (Å²) in [5, 5.41) is 18.8. The molecule has 0 aliphatic carbocycles. The number of anilines is 1. The second kappa shape index (κ2) is 9.09. The third kappa shape index (κ3) is 5.63. The summed E-state index contributed by atoms with van der Waals surface area (Å²) in [7, 11) is 0. The van der Waals surface area contributed by atoms with E-state index in [4.69, 9.17) is 0 Å². The lowest BCUT2D eigenvalue weighted by Crippen LogP contribution is -2.33. The number of nitrogens with zero attached hydrogens (tertiary/aromatic N) is 1. The van der Waals surface area contributed by atoms with Crippen molar-refractivity contribution < 1.29 is 19.3 Å². The van der Waals surface area contributed by atoms with Crippen LogP contribution in [0.1, 0.15) is 27.6 Å². The molecule has 0 atom stereocenters. The zero-order valence-corrected chi connectivity index (χ0v) is 14.5. The summed E-state index contributed by atoms with van der Waals surface area (Å²) in [5.41, 5.74) is 0.432. The molecule has 0 bridgehead atoms. The maximum Gasteiger partial charge on any atom is 0.282 e. The van der Waals surface area contributed by atoms with Gasteiger partial charge in [0.15, 0.2) is 0 Å². The van der Waals surface area contributed by atoms with Crippen LogP contribution in [0.3, 0.4) is 0 Å². The first-order valence-corrected chi connectivity index (χ1v) is 8.06. The van der Waals surface area contributed by atoms with Gasteiger partial charge in [0.25, 0.3) is 17.5 Å². The van der Waals surface area contributed by atoms with E-state index in [1.165, 1.54) is 55.5 Å². The summed E-state index contributed by atoms with van der Waals surface area (Å²) < 4.78 is 0. The van der Waals surface area contributed by atoms with Crippen LogP contribution in [-0.2, 0) is 4.79 Å². The highest BCUT2D eigenvalue weighted by Gasteiger charge is 2.19. The quantitative estimate of drug-likeness (QED) is 0.388. The largest absolute Gasteiger partial charge is 0.355 e. The van der Waals surface area contributed by atoms with Crippen LogP contribution < -0.4 is 16.0 Å². The number of nitro groups is 1. The smallest absolute Gasteiger partial charge is 0.282 e. The predicted molar refractivity (Wildman–Crippen MR) is 98.5 cm³/mol. The van der Waals surface area contributed by atoms with Crippen molar-refractivity contribution in [2.24, 2.45) is 0 Å². The second-order valence-corrected chi connectivity index (χ2v) is 5.54. The molecule has 0 fully saturated rings. The highest BCUT2D eigenvalue weighted by Crippen LogP contribution is 2.19. The molecule has 0 radical (unpaired) electrons. The Morgan fingerprint density at radius 2 is 1.56 bits per heavy atom. The number of benzene rings is 2. The number of amides is 3. The van der Waals surface area contributed by atoms with Crippen LogP contribution in [0.25, 0.3) is 0 Å². The van der Waals surface area contributed by atoms with Gasteiger partial charge in [-0.15, -0.1) is 0 Å². The van der Waals surface area contributed by atoms with Crippen LogP contribution in [-0.4, -0.2) is 35.7 Å². The van der Waals surface area contributed by atoms with E-state index in [0.29, 0.717) is 17.8 Å². The van der Waals surface area contributed by atoms with E-state index in [0.717, 1.165) is 0 Å².